The lowest BCUT2D eigenvalue weighted by Gasteiger charge is -2.09. The SMILES string of the molecule is CSc1cc(C2(O)CC2)ccc1F. The van der Waals surface area contributed by atoms with E-state index in [9.17, 15) is 9.50 Å². The van der Waals surface area contributed by atoms with Gasteiger partial charge in [-0.2, -0.15) is 0 Å². The normalized spacial score (nSPS) is 18.7. The van der Waals surface area contributed by atoms with Crippen molar-refractivity contribution in [1.82, 2.24) is 0 Å². The molecule has 1 aromatic rings. The highest BCUT2D eigenvalue weighted by atomic mass is 32.2. The minimum Gasteiger partial charge on any atom is -0.385 e. The summed E-state index contributed by atoms with van der Waals surface area (Å²) in [5.74, 6) is -0.208. The summed E-state index contributed by atoms with van der Waals surface area (Å²) in [5.41, 5.74) is 0.191. The van der Waals surface area contributed by atoms with E-state index in [0.29, 0.717) is 4.90 Å². The zero-order chi connectivity index (χ0) is 9.47. The van der Waals surface area contributed by atoms with Crippen LogP contribution in [0.2, 0.25) is 0 Å². The highest BCUT2D eigenvalue weighted by molar-refractivity contribution is 7.98. The predicted octanol–water partition coefficient (Wildman–Crippen LogP) is 2.53. The molecule has 0 bridgehead atoms. The van der Waals surface area contributed by atoms with Crippen LogP contribution in [0.1, 0.15) is 18.4 Å². The van der Waals surface area contributed by atoms with Gasteiger partial charge in [-0.3, -0.25) is 0 Å². The first-order valence-electron chi connectivity index (χ1n) is 4.22. The van der Waals surface area contributed by atoms with Gasteiger partial charge in [-0.15, -0.1) is 11.8 Å². The fourth-order valence-electron chi connectivity index (χ4n) is 1.36. The van der Waals surface area contributed by atoms with E-state index in [1.54, 1.807) is 12.1 Å². The molecule has 0 aliphatic heterocycles. The standard InChI is InChI=1S/C10H11FOS/c1-13-9-6-7(2-3-8(9)11)10(12)4-5-10/h2-3,6,12H,4-5H2,1H3. The van der Waals surface area contributed by atoms with Crippen molar-refractivity contribution < 1.29 is 9.50 Å². The average Bonchev–Trinajstić information content (AvgIpc) is 2.86. The summed E-state index contributed by atoms with van der Waals surface area (Å²) in [5, 5.41) is 9.78. The Bertz CT molecular complexity index is 334. The Kier molecular flexibility index (Phi) is 2.08. The van der Waals surface area contributed by atoms with Crippen LogP contribution in [0.25, 0.3) is 0 Å². The van der Waals surface area contributed by atoms with Gasteiger partial charge in [-0.25, -0.2) is 4.39 Å². The van der Waals surface area contributed by atoms with Crippen LogP contribution in [0, 0.1) is 5.82 Å². The lowest BCUT2D eigenvalue weighted by atomic mass is 10.1. The Morgan fingerprint density at radius 3 is 2.69 bits per heavy atom. The number of hydrogen-bond donors (Lipinski definition) is 1. The van der Waals surface area contributed by atoms with Gasteiger partial charge in [0, 0.05) is 4.90 Å². The van der Waals surface area contributed by atoms with E-state index >= 15 is 0 Å². The van der Waals surface area contributed by atoms with Gasteiger partial charge in [0.25, 0.3) is 0 Å². The molecule has 13 heavy (non-hydrogen) atoms. The van der Waals surface area contributed by atoms with Crippen LogP contribution >= 0.6 is 11.8 Å². The number of hydrogen-bond acceptors (Lipinski definition) is 2. The summed E-state index contributed by atoms with van der Waals surface area (Å²) in [6.07, 6.45) is 3.43. The summed E-state index contributed by atoms with van der Waals surface area (Å²) < 4.78 is 13.1. The fraction of sp³-hybridized carbons (Fsp3) is 0.400. The van der Waals surface area contributed by atoms with Crippen molar-refractivity contribution in [3.8, 4) is 0 Å². The van der Waals surface area contributed by atoms with Crippen molar-refractivity contribution in [2.24, 2.45) is 0 Å². The molecule has 1 nitrogen and oxygen atoms in total. The minimum atomic E-state index is -0.655. The van der Waals surface area contributed by atoms with Crippen LogP contribution < -0.4 is 0 Å². The number of aliphatic hydroxyl groups is 1. The summed E-state index contributed by atoms with van der Waals surface area (Å²) in [6, 6.07) is 4.84. The van der Waals surface area contributed by atoms with Gasteiger partial charge in [0.05, 0.1) is 5.60 Å². The molecule has 0 unspecified atom stereocenters. The zero-order valence-electron chi connectivity index (χ0n) is 7.38. The van der Waals surface area contributed by atoms with Crippen molar-refractivity contribution in [3.05, 3.63) is 29.6 Å². The first-order chi connectivity index (χ1) is 6.15. The van der Waals surface area contributed by atoms with Gasteiger partial charge >= 0.3 is 0 Å². The maximum absolute atomic E-state index is 13.1. The lowest BCUT2D eigenvalue weighted by molar-refractivity contribution is 0.151. The van der Waals surface area contributed by atoms with Crippen LogP contribution in [0.4, 0.5) is 4.39 Å². The summed E-state index contributed by atoms with van der Waals surface area (Å²) >= 11 is 1.37. The minimum absolute atomic E-state index is 0.208. The molecule has 1 aliphatic rings. The van der Waals surface area contributed by atoms with E-state index in [0.717, 1.165) is 18.4 Å². The third-order valence-electron chi connectivity index (χ3n) is 2.41. The molecule has 1 aromatic carbocycles. The Morgan fingerprint density at radius 2 is 2.15 bits per heavy atom. The van der Waals surface area contributed by atoms with E-state index in [2.05, 4.69) is 0 Å². The fourth-order valence-corrected chi connectivity index (χ4v) is 1.86. The molecule has 70 valence electrons. The topological polar surface area (TPSA) is 20.2 Å². The number of halogens is 1. The Balaban J connectivity index is 2.39. The predicted molar refractivity (Wildman–Crippen MR) is 51.3 cm³/mol. The molecule has 1 N–H and O–H groups in total. The van der Waals surface area contributed by atoms with E-state index in [4.69, 9.17) is 0 Å². The maximum Gasteiger partial charge on any atom is 0.136 e. The van der Waals surface area contributed by atoms with Gasteiger partial charge in [0.1, 0.15) is 5.82 Å². The van der Waals surface area contributed by atoms with Crippen molar-refractivity contribution in [3.63, 3.8) is 0 Å². The van der Waals surface area contributed by atoms with Crippen LogP contribution in [0.5, 0.6) is 0 Å². The van der Waals surface area contributed by atoms with Gasteiger partial charge in [0.2, 0.25) is 0 Å². The van der Waals surface area contributed by atoms with Crippen molar-refractivity contribution >= 4 is 11.8 Å². The molecular formula is C10H11FOS. The second kappa shape index (κ2) is 3.00. The smallest absolute Gasteiger partial charge is 0.136 e. The van der Waals surface area contributed by atoms with E-state index in [1.165, 1.54) is 17.8 Å². The molecule has 3 heteroatoms. The third kappa shape index (κ3) is 1.58. The van der Waals surface area contributed by atoms with Crippen LogP contribution in [0.3, 0.4) is 0 Å². The van der Waals surface area contributed by atoms with Gasteiger partial charge < -0.3 is 5.11 Å². The van der Waals surface area contributed by atoms with Crippen LogP contribution in [0.15, 0.2) is 23.1 Å². The van der Waals surface area contributed by atoms with E-state index < -0.39 is 5.60 Å². The molecule has 0 aromatic heterocycles. The quantitative estimate of drug-likeness (QED) is 0.737. The maximum atomic E-state index is 13.1. The lowest BCUT2D eigenvalue weighted by Crippen LogP contribution is -2.04. The van der Waals surface area contributed by atoms with Crippen LogP contribution in [-0.2, 0) is 5.60 Å². The molecule has 1 saturated carbocycles. The average molecular weight is 198 g/mol. The third-order valence-corrected chi connectivity index (χ3v) is 3.16. The largest absolute Gasteiger partial charge is 0.385 e. The highest BCUT2D eigenvalue weighted by Gasteiger charge is 2.42. The molecule has 0 atom stereocenters. The molecule has 0 saturated heterocycles. The van der Waals surface area contributed by atoms with E-state index in [1.807, 2.05) is 6.26 Å². The Labute approximate surface area is 81.0 Å². The van der Waals surface area contributed by atoms with E-state index in [-0.39, 0.29) is 5.82 Å². The number of thioether (sulfide) groups is 1. The number of benzene rings is 1. The Hall–Kier alpha value is -0.540. The summed E-state index contributed by atoms with van der Waals surface area (Å²) in [4.78, 5) is 0.609. The molecule has 1 aliphatic carbocycles. The van der Waals surface area contributed by atoms with Crippen molar-refractivity contribution in [2.45, 2.75) is 23.3 Å². The molecule has 0 radical (unpaired) electrons. The molecule has 1 fully saturated rings. The monoisotopic (exact) mass is 198 g/mol. The van der Waals surface area contributed by atoms with Gasteiger partial charge in [-0.05, 0) is 36.8 Å². The van der Waals surface area contributed by atoms with Gasteiger partial charge in [-0.1, -0.05) is 6.07 Å². The summed E-state index contributed by atoms with van der Waals surface area (Å²) in [6.45, 7) is 0. The second-order valence-electron chi connectivity index (χ2n) is 3.38. The molecule has 2 rings (SSSR count). The molecule has 0 heterocycles. The highest BCUT2D eigenvalue weighted by Crippen LogP contribution is 2.46. The first kappa shape index (κ1) is 9.03. The Morgan fingerprint density at radius 1 is 1.46 bits per heavy atom. The molecule has 0 amide bonds. The number of rotatable bonds is 2. The second-order valence-corrected chi connectivity index (χ2v) is 4.23. The van der Waals surface area contributed by atoms with Crippen molar-refractivity contribution in [2.75, 3.05) is 6.26 Å². The zero-order valence-corrected chi connectivity index (χ0v) is 8.20. The summed E-state index contributed by atoms with van der Waals surface area (Å²) in [7, 11) is 0. The van der Waals surface area contributed by atoms with Crippen molar-refractivity contribution in [1.29, 1.82) is 0 Å². The van der Waals surface area contributed by atoms with Gasteiger partial charge in [0.15, 0.2) is 0 Å². The van der Waals surface area contributed by atoms with Crippen LogP contribution in [-0.4, -0.2) is 11.4 Å². The first-order valence-corrected chi connectivity index (χ1v) is 5.44. The molecule has 0 spiro atoms. The molecular weight excluding hydrogens is 187 g/mol.